The number of nitrogens with zero attached hydrogens (tertiary/aromatic N) is 2. The van der Waals surface area contributed by atoms with Crippen LogP contribution in [0.15, 0.2) is 59.9 Å². The Kier molecular flexibility index (Phi) is 6.84. The third-order valence-electron chi connectivity index (χ3n) is 6.00. The van der Waals surface area contributed by atoms with E-state index in [1.54, 1.807) is 6.92 Å². The molecule has 0 aromatic heterocycles. The van der Waals surface area contributed by atoms with Crippen LogP contribution in [0.2, 0.25) is 0 Å². The van der Waals surface area contributed by atoms with Crippen LogP contribution in [0.1, 0.15) is 64.1 Å². The van der Waals surface area contributed by atoms with Crippen LogP contribution in [0, 0.1) is 0 Å². The third-order valence-corrected chi connectivity index (χ3v) is 6.00. The number of ketones is 1. The van der Waals surface area contributed by atoms with Gasteiger partial charge in [-0.05, 0) is 55.2 Å². The minimum absolute atomic E-state index is 0.177. The van der Waals surface area contributed by atoms with E-state index in [0.29, 0.717) is 11.6 Å². The molecule has 0 saturated heterocycles. The van der Waals surface area contributed by atoms with Crippen LogP contribution in [0.3, 0.4) is 0 Å². The van der Waals surface area contributed by atoms with Crippen molar-refractivity contribution in [1.29, 1.82) is 0 Å². The van der Waals surface area contributed by atoms with Gasteiger partial charge in [0.25, 0.3) is 5.91 Å². The first kappa shape index (κ1) is 22.6. The predicted octanol–water partition coefficient (Wildman–Crippen LogP) is 5.54. The first-order valence-electron chi connectivity index (χ1n) is 11.1. The molecule has 0 fully saturated rings. The van der Waals surface area contributed by atoms with Gasteiger partial charge in [0.1, 0.15) is 0 Å². The number of carbonyl (C=O) groups excluding carboxylic acids is 2. The molecule has 0 bridgehead atoms. The second-order valence-corrected chi connectivity index (χ2v) is 8.13. The summed E-state index contributed by atoms with van der Waals surface area (Å²) in [6.45, 7) is 12.0. The van der Waals surface area contributed by atoms with Gasteiger partial charge in [-0.3, -0.25) is 14.5 Å². The molecule has 2 aromatic rings. The number of anilines is 2. The van der Waals surface area contributed by atoms with Gasteiger partial charge in [-0.15, -0.1) is 0 Å². The lowest BCUT2D eigenvalue weighted by molar-refractivity contribution is -0.118. The predicted molar refractivity (Wildman–Crippen MR) is 126 cm³/mol. The highest BCUT2D eigenvalue weighted by molar-refractivity contribution is 6.16. The van der Waals surface area contributed by atoms with Gasteiger partial charge in [0, 0.05) is 30.9 Å². The van der Waals surface area contributed by atoms with E-state index in [9.17, 15) is 14.7 Å². The molecular weight excluding hydrogens is 388 g/mol. The molecule has 164 valence electrons. The van der Waals surface area contributed by atoms with Crippen molar-refractivity contribution >= 4 is 23.1 Å². The number of aliphatic hydroxyl groups is 1. The van der Waals surface area contributed by atoms with Crippen molar-refractivity contribution in [2.45, 2.75) is 53.0 Å². The molecule has 2 aromatic carbocycles. The van der Waals surface area contributed by atoms with Crippen molar-refractivity contribution < 1.29 is 14.7 Å². The number of hydrogen-bond acceptors (Lipinski definition) is 4. The van der Waals surface area contributed by atoms with E-state index in [4.69, 9.17) is 0 Å². The summed E-state index contributed by atoms with van der Waals surface area (Å²) >= 11 is 0. The summed E-state index contributed by atoms with van der Waals surface area (Å²) in [6, 6.07) is 15.0. The van der Waals surface area contributed by atoms with E-state index in [1.165, 1.54) is 4.90 Å². The Hall–Kier alpha value is -3.08. The highest BCUT2D eigenvalue weighted by atomic mass is 16.3. The second-order valence-electron chi connectivity index (χ2n) is 8.13. The zero-order valence-corrected chi connectivity index (χ0v) is 19.1. The minimum Gasteiger partial charge on any atom is -0.503 e. The quantitative estimate of drug-likeness (QED) is 0.609. The van der Waals surface area contributed by atoms with Crippen LogP contribution in [-0.4, -0.2) is 29.9 Å². The first-order valence-corrected chi connectivity index (χ1v) is 11.1. The van der Waals surface area contributed by atoms with Crippen LogP contribution in [-0.2, 0) is 9.59 Å². The van der Waals surface area contributed by atoms with E-state index in [2.05, 4.69) is 32.6 Å². The van der Waals surface area contributed by atoms with E-state index in [1.807, 2.05) is 48.5 Å². The van der Waals surface area contributed by atoms with E-state index in [-0.39, 0.29) is 17.8 Å². The topological polar surface area (TPSA) is 60.9 Å². The van der Waals surface area contributed by atoms with Gasteiger partial charge in [0.05, 0.1) is 11.6 Å². The van der Waals surface area contributed by atoms with Gasteiger partial charge in [-0.2, -0.15) is 0 Å². The van der Waals surface area contributed by atoms with Crippen molar-refractivity contribution in [2.24, 2.45) is 0 Å². The molecule has 0 aliphatic carbocycles. The Bertz CT molecular complexity index is 971. The number of carbonyl (C=O) groups is 2. The van der Waals surface area contributed by atoms with E-state index in [0.717, 1.165) is 29.9 Å². The molecule has 31 heavy (non-hydrogen) atoms. The lowest BCUT2D eigenvalue weighted by atomic mass is 9.94. The molecule has 1 heterocycles. The largest absolute Gasteiger partial charge is 0.503 e. The molecule has 0 spiro atoms. The highest BCUT2D eigenvalue weighted by Gasteiger charge is 2.43. The molecule has 3 rings (SSSR count). The zero-order chi connectivity index (χ0) is 22.7. The summed E-state index contributed by atoms with van der Waals surface area (Å²) in [4.78, 5) is 29.6. The smallest absolute Gasteiger partial charge is 0.294 e. The molecule has 1 aliphatic rings. The van der Waals surface area contributed by atoms with Gasteiger partial charge >= 0.3 is 0 Å². The van der Waals surface area contributed by atoms with Crippen molar-refractivity contribution in [3.63, 3.8) is 0 Å². The van der Waals surface area contributed by atoms with E-state index >= 15 is 0 Å². The maximum Gasteiger partial charge on any atom is 0.294 e. The maximum absolute atomic E-state index is 13.1. The summed E-state index contributed by atoms with van der Waals surface area (Å²) in [5, 5.41) is 10.6. The fourth-order valence-corrected chi connectivity index (χ4v) is 4.14. The molecule has 5 nitrogen and oxygen atoms in total. The summed E-state index contributed by atoms with van der Waals surface area (Å²) < 4.78 is 0. The maximum atomic E-state index is 13.1. The summed E-state index contributed by atoms with van der Waals surface area (Å²) in [5.74, 6) is -0.829. The van der Waals surface area contributed by atoms with Gasteiger partial charge in [0.2, 0.25) is 0 Å². The molecule has 0 radical (unpaired) electrons. The van der Waals surface area contributed by atoms with Crippen molar-refractivity contribution in [2.75, 3.05) is 22.9 Å². The fraction of sp³-hybridized carbons (Fsp3) is 0.385. The van der Waals surface area contributed by atoms with Crippen LogP contribution in [0.25, 0.3) is 0 Å². The van der Waals surface area contributed by atoms with Crippen LogP contribution in [0.5, 0.6) is 0 Å². The van der Waals surface area contributed by atoms with Crippen molar-refractivity contribution in [3.8, 4) is 0 Å². The first-order chi connectivity index (χ1) is 14.8. The molecule has 0 saturated carbocycles. The zero-order valence-electron chi connectivity index (χ0n) is 19.1. The summed E-state index contributed by atoms with van der Waals surface area (Å²) in [7, 11) is 0. The second kappa shape index (κ2) is 9.38. The minimum atomic E-state index is -0.643. The van der Waals surface area contributed by atoms with Crippen molar-refractivity contribution in [3.05, 3.63) is 71.0 Å². The molecule has 1 unspecified atom stereocenters. The number of hydrogen-bond donors (Lipinski definition) is 1. The SMILES string of the molecule is CCC(=O)C1=C(O)C(=O)N(c2ccc(C(C)C)cc2)C1c1ccc(N(CC)CC)cc1. The molecule has 1 atom stereocenters. The Labute approximate surface area is 185 Å². The fourth-order valence-electron chi connectivity index (χ4n) is 4.14. The molecule has 1 amide bonds. The molecule has 5 heteroatoms. The highest BCUT2D eigenvalue weighted by Crippen LogP contribution is 2.42. The summed E-state index contributed by atoms with van der Waals surface area (Å²) in [6.07, 6.45) is 0.223. The Morgan fingerprint density at radius 3 is 2.06 bits per heavy atom. The number of benzene rings is 2. The Morgan fingerprint density at radius 1 is 1.00 bits per heavy atom. The average molecular weight is 421 g/mol. The standard InChI is InChI=1S/C26H32N2O3/c1-6-22(29)23-24(19-11-13-20(14-12-19)27(7-2)8-3)28(26(31)25(23)30)21-15-9-18(10-16-21)17(4)5/h9-17,24,30H,6-8H2,1-5H3. The molecule has 1 aliphatic heterocycles. The third kappa shape index (κ3) is 4.22. The Morgan fingerprint density at radius 2 is 1.58 bits per heavy atom. The number of Topliss-reactive ketones (excluding diaryl/α,β-unsaturated/α-hetero) is 1. The lowest BCUT2D eigenvalue weighted by Crippen LogP contribution is -2.31. The van der Waals surface area contributed by atoms with Crippen LogP contribution in [0.4, 0.5) is 11.4 Å². The van der Waals surface area contributed by atoms with Crippen molar-refractivity contribution in [1.82, 2.24) is 0 Å². The number of rotatable bonds is 8. The van der Waals surface area contributed by atoms with Crippen LogP contribution >= 0.6 is 0 Å². The summed E-state index contributed by atoms with van der Waals surface area (Å²) in [5.41, 5.74) is 3.90. The van der Waals surface area contributed by atoms with Crippen LogP contribution < -0.4 is 9.80 Å². The van der Waals surface area contributed by atoms with Gasteiger partial charge in [0.15, 0.2) is 11.5 Å². The average Bonchev–Trinajstić information content (AvgIpc) is 3.05. The lowest BCUT2D eigenvalue weighted by Gasteiger charge is -2.28. The number of amides is 1. The molecule has 1 N–H and O–H groups in total. The van der Waals surface area contributed by atoms with E-state index < -0.39 is 17.7 Å². The normalized spacial score (nSPS) is 16.4. The number of aliphatic hydroxyl groups excluding tert-OH is 1. The monoisotopic (exact) mass is 420 g/mol. The van der Waals surface area contributed by atoms with Gasteiger partial charge in [-0.25, -0.2) is 0 Å². The van der Waals surface area contributed by atoms with Gasteiger partial charge < -0.3 is 10.0 Å². The molecular formula is C26H32N2O3. The van der Waals surface area contributed by atoms with Gasteiger partial charge in [-0.1, -0.05) is 45.0 Å². The Balaban J connectivity index is 2.08.